The molecule has 0 atom stereocenters. The number of fused-ring (bicyclic) bond motifs is 1. The summed E-state index contributed by atoms with van der Waals surface area (Å²) < 4.78 is 13.3. The van der Waals surface area contributed by atoms with Gasteiger partial charge in [-0.05, 0) is 51.0 Å². The smallest absolute Gasteiger partial charge is 0.262 e. The minimum absolute atomic E-state index is 0.120. The second kappa shape index (κ2) is 8.39. The van der Waals surface area contributed by atoms with E-state index in [2.05, 4.69) is 36.2 Å². The van der Waals surface area contributed by atoms with Crippen LogP contribution in [0, 0.1) is 11.7 Å². The fourth-order valence-electron chi connectivity index (χ4n) is 3.00. The topological polar surface area (TPSA) is 56.2 Å². The zero-order valence-electron chi connectivity index (χ0n) is 15.9. The highest BCUT2D eigenvalue weighted by molar-refractivity contribution is 7.71. The third-order valence-electron chi connectivity index (χ3n) is 4.39. The van der Waals surface area contributed by atoms with Gasteiger partial charge in [0.25, 0.3) is 5.56 Å². The summed E-state index contributed by atoms with van der Waals surface area (Å²) in [5.41, 5.74) is 2.92. The van der Waals surface area contributed by atoms with E-state index in [0.29, 0.717) is 46.9 Å². The van der Waals surface area contributed by atoms with Gasteiger partial charge in [-0.3, -0.25) is 9.36 Å². The number of H-pyrrole nitrogens is 1. The maximum atomic E-state index is 13.0. The molecule has 0 saturated carbocycles. The fraction of sp³-hybridized carbons (Fsp3) is 0.333. The van der Waals surface area contributed by atoms with E-state index in [0.717, 1.165) is 6.42 Å². The molecule has 3 aromatic rings. The van der Waals surface area contributed by atoms with Crippen LogP contribution >= 0.6 is 12.2 Å². The Morgan fingerprint density at radius 3 is 2.30 bits per heavy atom. The van der Waals surface area contributed by atoms with Crippen molar-refractivity contribution in [3.63, 3.8) is 0 Å². The summed E-state index contributed by atoms with van der Waals surface area (Å²) in [4.78, 5) is 16.2. The number of nitrogens with one attached hydrogen (secondary N) is 1. The quantitative estimate of drug-likeness (QED) is 0.613. The monoisotopic (exact) mass is 384 g/mol. The fourth-order valence-corrected chi connectivity index (χ4v) is 3.28. The first-order valence-electron chi connectivity index (χ1n) is 9.15. The lowest BCUT2D eigenvalue weighted by Crippen LogP contribution is -2.23. The van der Waals surface area contributed by atoms with Crippen molar-refractivity contribution in [2.24, 2.45) is 0 Å². The first-order chi connectivity index (χ1) is 13.0. The first-order valence-corrected chi connectivity index (χ1v) is 9.56. The number of aromatic nitrogens is 2. The molecule has 2 aromatic carbocycles. The zero-order valence-corrected chi connectivity index (χ0v) is 16.7. The van der Waals surface area contributed by atoms with Gasteiger partial charge in [0, 0.05) is 12.6 Å². The minimum Gasteiger partial charge on any atom is -0.490 e. The summed E-state index contributed by atoms with van der Waals surface area (Å²) in [5.74, 6) is 1.17. The van der Waals surface area contributed by atoms with Gasteiger partial charge in [-0.2, -0.15) is 0 Å². The van der Waals surface area contributed by atoms with Crippen LogP contribution in [0.1, 0.15) is 25.0 Å². The first kappa shape index (κ1) is 19.2. The Hall–Kier alpha value is -2.60. The largest absolute Gasteiger partial charge is 0.490 e. The van der Waals surface area contributed by atoms with Crippen LogP contribution in [-0.4, -0.2) is 22.8 Å². The highest BCUT2D eigenvalue weighted by Gasteiger charge is 2.12. The molecule has 0 spiro atoms. The molecule has 1 aromatic heterocycles. The molecule has 1 heterocycles. The molecule has 0 bridgehead atoms. The Balaban J connectivity index is 2.01. The van der Waals surface area contributed by atoms with Crippen LogP contribution in [-0.2, 0) is 13.0 Å². The molecule has 142 valence electrons. The van der Waals surface area contributed by atoms with Crippen molar-refractivity contribution >= 4 is 23.1 Å². The van der Waals surface area contributed by atoms with Gasteiger partial charge in [0.1, 0.15) is 0 Å². The highest BCUT2D eigenvalue weighted by Crippen LogP contribution is 2.30. The van der Waals surface area contributed by atoms with Crippen LogP contribution in [0.25, 0.3) is 10.9 Å². The molecule has 0 aliphatic carbocycles. The Bertz CT molecular complexity index is 1050. The Morgan fingerprint density at radius 1 is 1.04 bits per heavy atom. The summed E-state index contributed by atoms with van der Waals surface area (Å²) in [6.07, 6.45) is 0.735. The van der Waals surface area contributed by atoms with Crippen molar-refractivity contribution in [1.29, 1.82) is 0 Å². The zero-order chi connectivity index (χ0) is 19.4. The van der Waals surface area contributed by atoms with Crippen molar-refractivity contribution in [1.82, 2.24) is 9.55 Å². The lowest BCUT2D eigenvalue weighted by Gasteiger charge is -2.13. The molecule has 0 aliphatic rings. The molecule has 0 fully saturated rings. The van der Waals surface area contributed by atoms with Crippen molar-refractivity contribution in [3.8, 4) is 11.5 Å². The molecule has 3 rings (SSSR count). The van der Waals surface area contributed by atoms with Crippen LogP contribution in [0.2, 0.25) is 0 Å². The maximum absolute atomic E-state index is 13.0. The van der Waals surface area contributed by atoms with Crippen LogP contribution < -0.4 is 15.0 Å². The standard InChI is InChI=1S/C21H24N2O3S/c1-4-25-18-12-16-17(13-19(18)26-5-2)22-21(27)23(20(16)24)11-10-15-8-6-14(3)7-9-15/h6-9,12-13H,4-5,10-11H2,1-3H3,(H,22,27). The number of aromatic amines is 1. The lowest BCUT2D eigenvalue weighted by atomic mass is 10.1. The van der Waals surface area contributed by atoms with Crippen LogP contribution in [0.15, 0.2) is 41.2 Å². The SMILES string of the molecule is CCOc1cc2[nH]c(=S)n(CCc3ccc(C)cc3)c(=O)c2cc1OCC. The third kappa shape index (κ3) is 4.22. The van der Waals surface area contributed by atoms with E-state index in [1.165, 1.54) is 11.1 Å². The molecule has 0 saturated heterocycles. The van der Waals surface area contributed by atoms with Gasteiger partial charge in [0.2, 0.25) is 0 Å². The number of nitrogens with zero attached hydrogens (tertiary/aromatic N) is 1. The predicted octanol–water partition coefficient (Wildman–Crippen LogP) is 4.41. The molecule has 6 heteroatoms. The number of aryl methyl sites for hydroxylation is 2. The van der Waals surface area contributed by atoms with Gasteiger partial charge in [0.05, 0.1) is 24.1 Å². The van der Waals surface area contributed by atoms with Crippen molar-refractivity contribution in [3.05, 3.63) is 62.6 Å². The molecular formula is C21H24N2O3S. The Labute approximate surface area is 163 Å². The van der Waals surface area contributed by atoms with E-state index in [-0.39, 0.29) is 5.56 Å². The van der Waals surface area contributed by atoms with Crippen molar-refractivity contribution in [2.45, 2.75) is 33.7 Å². The second-order valence-electron chi connectivity index (χ2n) is 6.33. The summed E-state index contributed by atoms with van der Waals surface area (Å²) in [7, 11) is 0. The number of ether oxygens (including phenoxy) is 2. The second-order valence-corrected chi connectivity index (χ2v) is 6.72. The molecular weight excluding hydrogens is 360 g/mol. The molecule has 27 heavy (non-hydrogen) atoms. The van der Waals surface area contributed by atoms with E-state index in [4.69, 9.17) is 21.7 Å². The van der Waals surface area contributed by atoms with Crippen molar-refractivity contribution in [2.75, 3.05) is 13.2 Å². The van der Waals surface area contributed by atoms with Crippen LogP contribution in [0.3, 0.4) is 0 Å². The van der Waals surface area contributed by atoms with E-state index in [1.54, 1.807) is 16.7 Å². The van der Waals surface area contributed by atoms with Gasteiger partial charge < -0.3 is 14.5 Å². The van der Waals surface area contributed by atoms with Gasteiger partial charge >= 0.3 is 0 Å². The number of hydrogen-bond donors (Lipinski definition) is 1. The number of rotatable bonds is 7. The highest BCUT2D eigenvalue weighted by atomic mass is 32.1. The normalized spacial score (nSPS) is 10.9. The summed E-state index contributed by atoms with van der Waals surface area (Å²) >= 11 is 5.43. The van der Waals surface area contributed by atoms with E-state index in [9.17, 15) is 4.79 Å². The third-order valence-corrected chi connectivity index (χ3v) is 4.71. The van der Waals surface area contributed by atoms with Gasteiger partial charge in [-0.1, -0.05) is 29.8 Å². The summed E-state index contributed by atoms with van der Waals surface area (Å²) in [5, 5.41) is 0.541. The van der Waals surface area contributed by atoms with Crippen molar-refractivity contribution < 1.29 is 9.47 Å². The molecule has 1 N–H and O–H groups in total. The average Bonchev–Trinajstić information content (AvgIpc) is 2.64. The maximum Gasteiger partial charge on any atom is 0.262 e. The van der Waals surface area contributed by atoms with E-state index >= 15 is 0 Å². The average molecular weight is 385 g/mol. The van der Waals surface area contributed by atoms with E-state index < -0.39 is 0 Å². The Kier molecular flexibility index (Phi) is 5.96. The summed E-state index contributed by atoms with van der Waals surface area (Å²) in [6, 6.07) is 11.8. The number of benzene rings is 2. The molecule has 0 radical (unpaired) electrons. The summed E-state index contributed by atoms with van der Waals surface area (Å²) in [6.45, 7) is 7.39. The molecule has 0 unspecified atom stereocenters. The lowest BCUT2D eigenvalue weighted by molar-refractivity contribution is 0.288. The molecule has 0 amide bonds. The molecule has 5 nitrogen and oxygen atoms in total. The molecule has 0 aliphatic heterocycles. The predicted molar refractivity (Wildman–Crippen MR) is 111 cm³/mol. The van der Waals surface area contributed by atoms with Crippen LogP contribution in [0.4, 0.5) is 0 Å². The van der Waals surface area contributed by atoms with E-state index in [1.807, 2.05) is 13.8 Å². The van der Waals surface area contributed by atoms with Gasteiger partial charge in [-0.15, -0.1) is 0 Å². The Morgan fingerprint density at radius 2 is 1.67 bits per heavy atom. The minimum atomic E-state index is -0.120. The van der Waals surface area contributed by atoms with Gasteiger partial charge in [-0.25, -0.2) is 0 Å². The van der Waals surface area contributed by atoms with Crippen LogP contribution in [0.5, 0.6) is 11.5 Å². The number of hydrogen-bond acceptors (Lipinski definition) is 4. The van der Waals surface area contributed by atoms with Gasteiger partial charge in [0.15, 0.2) is 16.3 Å².